The average molecular weight is 359 g/mol. The van der Waals surface area contributed by atoms with E-state index >= 15 is 0 Å². The minimum absolute atomic E-state index is 0.000412. The van der Waals surface area contributed by atoms with Gasteiger partial charge in [0.25, 0.3) is 0 Å². The molecule has 0 aliphatic rings. The number of hydrogen-bond donors (Lipinski definition) is 2. The van der Waals surface area contributed by atoms with Gasteiger partial charge in [0, 0.05) is 11.6 Å². The minimum Gasteiger partial charge on any atom is -0.480 e. The number of halogens is 2. The molecule has 0 amide bonds. The van der Waals surface area contributed by atoms with E-state index in [2.05, 4.69) is 13.8 Å². The molecular weight excluding hydrogens is 336 g/mol. The molecule has 0 fully saturated rings. The topological polar surface area (TPSA) is 63.3 Å². The van der Waals surface area contributed by atoms with Gasteiger partial charge >= 0.3 is 5.97 Å². The highest BCUT2D eigenvalue weighted by Gasteiger charge is 2.27. The monoisotopic (exact) mass is 359 g/mol. The summed E-state index contributed by atoms with van der Waals surface area (Å²) in [5, 5.41) is 9.21. The van der Waals surface area contributed by atoms with Crippen molar-refractivity contribution >= 4 is 11.5 Å². The lowest BCUT2D eigenvalue weighted by atomic mass is 9.91. The lowest BCUT2D eigenvalue weighted by Gasteiger charge is -2.18. The summed E-state index contributed by atoms with van der Waals surface area (Å²) < 4.78 is 27.6. The van der Waals surface area contributed by atoms with Gasteiger partial charge < -0.3 is 10.8 Å². The number of carboxylic acid groups (broad SMARTS) is 1. The van der Waals surface area contributed by atoms with E-state index in [0.29, 0.717) is 17.1 Å². The number of aliphatic carboxylic acids is 1. The van der Waals surface area contributed by atoms with Crippen LogP contribution in [0.1, 0.15) is 49.8 Å². The highest BCUT2D eigenvalue weighted by Crippen LogP contribution is 2.29. The van der Waals surface area contributed by atoms with Crippen molar-refractivity contribution in [2.75, 3.05) is 0 Å². The fourth-order valence-electron chi connectivity index (χ4n) is 2.54. The van der Waals surface area contributed by atoms with Gasteiger partial charge in [-0.1, -0.05) is 44.2 Å². The van der Waals surface area contributed by atoms with Gasteiger partial charge in [-0.05, 0) is 48.1 Å². The number of rotatable bonds is 6. The molecule has 5 heteroatoms. The summed E-state index contributed by atoms with van der Waals surface area (Å²) in [5.41, 5.74) is 6.82. The van der Waals surface area contributed by atoms with Gasteiger partial charge in [0.1, 0.15) is 17.2 Å². The van der Waals surface area contributed by atoms with Crippen molar-refractivity contribution < 1.29 is 18.7 Å². The van der Waals surface area contributed by atoms with Gasteiger partial charge in [-0.15, -0.1) is 0 Å². The molecule has 26 heavy (non-hydrogen) atoms. The molecule has 0 radical (unpaired) electrons. The predicted molar refractivity (Wildman–Crippen MR) is 98.8 cm³/mol. The third kappa shape index (κ3) is 4.55. The normalized spacial score (nSPS) is 14.3. The Hall–Kier alpha value is -2.53. The molecule has 0 heterocycles. The molecular formula is C21H23F2NO2. The van der Waals surface area contributed by atoms with Gasteiger partial charge in [0.2, 0.25) is 0 Å². The quantitative estimate of drug-likeness (QED) is 0.785. The molecule has 3 nitrogen and oxygen atoms in total. The van der Waals surface area contributed by atoms with Crippen molar-refractivity contribution in [1.82, 2.24) is 0 Å². The first-order valence-corrected chi connectivity index (χ1v) is 8.40. The molecule has 2 rings (SSSR count). The number of benzene rings is 2. The van der Waals surface area contributed by atoms with Crippen LogP contribution < -0.4 is 5.73 Å². The van der Waals surface area contributed by atoms with Gasteiger partial charge in [-0.25, -0.2) is 8.78 Å². The third-order valence-corrected chi connectivity index (χ3v) is 4.33. The summed E-state index contributed by atoms with van der Waals surface area (Å²) in [6.07, 6.45) is 1.59. The van der Waals surface area contributed by atoms with Crippen LogP contribution in [0.15, 0.2) is 48.5 Å². The van der Waals surface area contributed by atoms with Crippen LogP contribution in [0, 0.1) is 11.6 Å². The van der Waals surface area contributed by atoms with Crippen molar-refractivity contribution in [3.8, 4) is 0 Å². The Kier molecular flexibility index (Phi) is 5.93. The molecule has 0 spiro atoms. The van der Waals surface area contributed by atoms with Gasteiger partial charge in [-0.2, -0.15) is 0 Å². The number of nitrogens with two attached hydrogens (primary N) is 1. The fourth-order valence-corrected chi connectivity index (χ4v) is 2.54. The average Bonchev–Trinajstić information content (AvgIpc) is 2.56. The minimum atomic E-state index is -1.49. The Bertz CT molecular complexity index is 824. The molecule has 0 aromatic heterocycles. The predicted octanol–water partition coefficient (Wildman–Crippen LogP) is 4.71. The number of carboxylic acids is 1. The maximum atomic E-state index is 14.3. The molecule has 1 unspecified atom stereocenters. The summed E-state index contributed by atoms with van der Waals surface area (Å²) in [7, 11) is 0. The van der Waals surface area contributed by atoms with Crippen LogP contribution in [-0.2, 0) is 4.79 Å². The maximum Gasteiger partial charge on any atom is 0.323 e. The van der Waals surface area contributed by atoms with E-state index in [-0.39, 0.29) is 12.0 Å². The van der Waals surface area contributed by atoms with Crippen LogP contribution in [-0.4, -0.2) is 16.6 Å². The first kappa shape index (κ1) is 19.8. The Balaban J connectivity index is 2.52. The van der Waals surface area contributed by atoms with E-state index in [1.807, 2.05) is 24.3 Å². The maximum absolute atomic E-state index is 14.3. The Morgan fingerprint density at radius 3 is 2.31 bits per heavy atom. The van der Waals surface area contributed by atoms with E-state index in [1.54, 1.807) is 6.08 Å². The van der Waals surface area contributed by atoms with Crippen LogP contribution in [0.5, 0.6) is 0 Å². The van der Waals surface area contributed by atoms with Gasteiger partial charge in [-0.3, -0.25) is 4.79 Å². The molecule has 0 aliphatic carbocycles. The smallest absolute Gasteiger partial charge is 0.323 e. The van der Waals surface area contributed by atoms with E-state index in [9.17, 15) is 18.7 Å². The van der Waals surface area contributed by atoms with E-state index in [4.69, 9.17) is 5.73 Å². The molecule has 138 valence electrons. The molecule has 0 bridgehead atoms. The van der Waals surface area contributed by atoms with Crippen LogP contribution in [0.2, 0.25) is 0 Å². The Morgan fingerprint density at radius 2 is 1.81 bits per heavy atom. The van der Waals surface area contributed by atoms with E-state index < -0.39 is 23.1 Å². The van der Waals surface area contributed by atoms with Crippen molar-refractivity contribution in [2.45, 2.75) is 38.6 Å². The van der Waals surface area contributed by atoms with Crippen LogP contribution >= 0.6 is 0 Å². The number of hydrogen-bond acceptors (Lipinski definition) is 2. The molecule has 2 aromatic rings. The zero-order valence-corrected chi connectivity index (χ0v) is 15.1. The van der Waals surface area contributed by atoms with Gasteiger partial charge in [0.05, 0.1) is 0 Å². The van der Waals surface area contributed by atoms with Crippen LogP contribution in [0.3, 0.4) is 0 Å². The third-order valence-electron chi connectivity index (χ3n) is 4.33. The summed E-state index contributed by atoms with van der Waals surface area (Å²) in [6, 6.07) is 10.9. The fraction of sp³-hybridized carbons (Fsp3) is 0.286. The van der Waals surface area contributed by atoms with E-state index in [0.717, 1.165) is 11.6 Å². The first-order chi connectivity index (χ1) is 12.1. The second-order valence-electron chi connectivity index (χ2n) is 6.95. The highest BCUT2D eigenvalue weighted by atomic mass is 19.1. The SMILES string of the molecule is CC(C)c1ccc(/C(=C\CC(C)(N)C(=O)O)c2ccc(F)cc2F)cc1. The molecule has 1 atom stereocenters. The van der Waals surface area contributed by atoms with Crippen molar-refractivity contribution in [2.24, 2.45) is 5.73 Å². The van der Waals surface area contributed by atoms with Crippen LogP contribution in [0.25, 0.3) is 5.57 Å². The van der Waals surface area contributed by atoms with Crippen molar-refractivity contribution in [3.63, 3.8) is 0 Å². The highest BCUT2D eigenvalue weighted by molar-refractivity contribution is 5.82. The summed E-state index contributed by atoms with van der Waals surface area (Å²) >= 11 is 0. The number of carbonyl (C=O) groups is 1. The zero-order chi connectivity index (χ0) is 19.5. The summed E-state index contributed by atoms with van der Waals surface area (Å²) in [6.45, 7) is 5.53. The Morgan fingerprint density at radius 1 is 1.19 bits per heavy atom. The second kappa shape index (κ2) is 7.79. The summed E-state index contributed by atoms with van der Waals surface area (Å²) in [4.78, 5) is 11.3. The lowest BCUT2D eigenvalue weighted by molar-refractivity contribution is -0.142. The summed E-state index contributed by atoms with van der Waals surface area (Å²) in [5.74, 6) is -2.19. The largest absolute Gasteiger partial charge is 0.480 e. The molecule has 0 aliphatic heterocycles. The standard InChI is InChI=1S/C21H23F2NO2/c1-13(2)14-4-6-15(7-5-14)17(10-11-21(3,24)20(25)26)18-9-8-16(22)12-19(18)23/h4-10,12-13H,11,24H2,1-3H3,(H,25,26)/b17-10+. The van der Waals surface area contributed by atoms with E-state index in [1.165, 1.54) is 19.1 Å². The lowest BCUT2D eigenvalue weighted by Crippen LogP contribution is -2.44. The van der Waals surface area contributed by atoms with Crippen molar-refractivity contribution in [3.05, 3.63) is 76.9 Å². The molecule has 0 saturated heterocycles. The van der Waals surface area contributed by atoms with Crippen LogP contribution in [0.4, 0.5) is 8.78 Å². The molecule has 2 aromatic carbocycles. The molecule has 3 N–H and O–H groups in total. The Labute approximate surface area is 152 Å². The van der Waals surface area contributed by atoms with Gasteiger partial charge in [0.15, 0.2) is 0 Å². The van der Waals surface area contributed by atoms with Crippen molar-refractivity contribution in [1.29, 1.82) is 0 Å². The zero-order valence-electron chi connectivity index (χ0n) is 15.1. The first-order valence-electron chi connectivity index (χ1n) is 8.40. The molecule has 0 saturated carbocycles. The second-order valence-corrected chi connectivity index (χ2v) is 6.95.